The molecule has 0 fully saturated rings. The van der Waals surface area contributed by atoms with Crippen LogP contribution in [0.25, 0.3) is 0 Å². The van der Waals surface area contributed by atoms with Gasteiger partial charge >= 0.3 is 6.18 Å². The van der Waals surface area contributed by atoms with Gasteiger partial charge in [-0.15, -0.1) is 11.8 Å². The number of aromatic nitrogens is 2. The van der Waals surface area contributed by atoms with Crippen molar-refractivity contribution in [3.63, 3.8) is 0 Å². The lowest BCUT2D eigenvalue weighted by atomic mass is 10.3. The number of nitrogens with one attached hydrogen (secondary N) is 1. The van der Waals surface area contributed by atoms with E-state index in [2.05, 4.69) is 15.3 Å². The molecule has 0 spiro atoms. The van der Waals surface area contributed by atoms with Gasteiger partial charge in [0.1, 0.15) is 10.8 Å². The number of rotatable bonds is 2. The van der Waals surface area contributed by atoms with E-state index in [0.29, 0.717) is 5.03 Å². The molecule has 0 aromatic carbocycles. The third kappa shape index (κ3) is 4.41. The molecule has 1 heterocycles. The molecule has 1 aromatic rings. The van der Waals surface area contributed by atoms with Crippen LogP contribution in [0.4, 0.5) is 19.0 Å². The van der Waals surface area contributed by atoms with Crippen molar-refractivity contribution < 1.29 is 13.2 Å². The summed E-state index contributed by atoms with van der Waals surface area (Å²) in [6.07, 6.45) is -4.53. The van der Waals surface area contributed by atoms with Crippen LogP contribution in [0.2, 0.25) is 0 Å². The van der Waals surface area contributed by atoms with Crippen LogP contribution in [0.1, 0.15) is 26.6 Å². The second-order valence-electron chi connectivity index (χ2n) is 4.38. The first kappa shape index (κ1) is 14.1. The molecule has 0 aliphatic carbocycles. The number of thioether (sulfide) groups is 1. The molecule has 0 aliphatic heterocycles. The van der Waals surface area contributed by atoms with Crippen molar-refractivity contribution in [1.82, 2.24) is 9.97 Å². The van der Waals surface area contributed by atoms with Gasteiger partial charge in [0.25, 0.3) is 0 Å². The highest BCUT2D eigenvalue weighted by molar-refractivity contribution is 8.00. The summed E-state index contributed by atoms with van der Waals surface area (Å²) in [5, 5.41) is 2.91. The first-order chi connectivity index (χ1) is 7.62. The number of alkyl halides is 3. The van der Waals surface area contributed by atoms with Crippen LogP contribution in [0.3, 0.4) is 0 Å². The van der Waals surface area contributed by atoms with Crippen molar-refractivity contribution >= 4 is 17.6 Å². The summed E-state index contributed by atoms with van der Waals surface area (Å²) < 4.78 is 37.5. The number of hydrogen-bond donors (Lipinski definition) is 1. The zero-order valence-electron chi connectivity index (χ0n) is 10.0. The van der Waals surface area contributed by atoms with Crippen molar-refractivity contribution in [1.29, 1.82) is 0 Å². The van der Waals surface area contributed by atoms with Gasteiger partial charge in [0.05, 0.1) is 0 Å². The zero-order chi connectivity index (χ0) is 13.3. The van der Waals surface area contributed by atoms with E-state index in [1.54, 1.807) is 0 Å². The van der Waals surface area contributed by atoms with Gasteiger partial charge in [0, 0.05) is 17.9 Å². The van der Waals surface area contributed by atoms with Crippen LogP contribution < -0.4 is 5.32 Å². The predicted octanol–water partition coefficient (Wildman–Crippen LogP) is 3.43. The Bertz CT molecular complexity index is 399. The third-order valence-electron chi connectivity index (χ3n) is 1.62. The van der Waals surface area contributed by atoms with Crippen molar-refractivity contribution in [2.24, 2.45) is 0 Å². The monoisotopic (exact) mass is 265 g/mol. The van der Waals surface area contributed by atoms with Crippen LogP contribution in [-0.2, 0) is 6.18 Å². The topological polar surface area (TPSA) is 37.8 Å². The highest BCUT2D eigenvalue weighted by Crippen LogP contribution is 2.34. The molecular weight excluding hydrogens is 251 g/mol. The summed E-state index contributed by atoms with van der Waals surface area (Å²) in [4.78, 5) is 6.92. The Morgan fingerprint density at radius 2 is 1.76 bits per heavy atom. The molecule has 0 aliphatic rings. The molecule has 7 heteroatoms. The first-order valence-corrected chi connectivity index (χ1v) is 5.76. The van der Waals surface area contributed by atoms with Crippen LogP contribution in [0.5, 0.6) is 0 Å². The maximum atomic E-state index is 12.6. The first-order valence-electron chi connectivity index (χ1n) is 4.95. The Morgan fingerprint density at radius 3 is 2.18 bits per heavy atom. The molecule has 1 rings (SSSR count). The molecule has 17 heavy (non-hydrogen) atoms. The number of nitrogens with zero attached hydrogens (tertiary/aromatic N) is 2. The molecule has 1 aromatic heterocycles. The smallest absolute Gasteiger partial charge is 0.373 e. The normalized spacial score (nSPS) is 12.6. The fourth-order valence-corrected chi connectivity index (χ4v) is 1.98. The average Bonchev–Trinajstić information content (AvgIpc) is 2.13. The van der Waals surface area contributed by atoms with Gasteiger partial charge < -0.3 is 5.32 Å². The summed E-state index contributed by atoms with van der Waals surface area (Å²) in [7, 11) is 1.52. The fraction of sp³-hybridized carbons (Fsp3) is 0.600. The Balaban J connectivity index is 3.15. The molecule has 0 atom stereocenters. The molecule has 0 unspecified atom stereocenters. The van der Waals surface area contributed by atoms with E-state index in [1.165, 1.54) is 24.9 Å². The lowest BCUT2D eigenvalue weighted by molar-refractivity contribution is -0.145. The lowest BCUT2D eigenvalue weighted by Gasteiger charge is -2.18. The van der Waals surface area contributed by atoms with Crippen molar-refractivity contribution in [2.75, 3.05) is 12.4 Å². The van der Waals surface area contributed by atoms with E-state index in [-0.39, 0.29) is 10.6 Å². The zero-order valence-corrected chi connectivity index (χ0v) is 10.8. The summed E-state index contributed by atoms with van der Waals surface area (Å²) in [5.74, 6) is -0.949. The lowest BCUT2D eigenvalue weighted by Crippen LogP contribution is -2.14. The molecule has 0 saturated heterocycles. The van der Waals surface area contributed by atoms with Crippen LogP contribution in [0, 0.1) is 0 Å². The minimum atomic E-state index is -4.53. The number of anilines is 1. The van der Waals surface area contributed by atoms with Gasteiger partial charge in [0.15, 0.2) is 0 Å². The average molecular weight is 265 g/mol. The molecule has 0 amide bonds. The molecule has 0 saturated carbocycles. The molecule has 1 N–H and O–H groups in total. The van der Waals surface area contributed by atoms with Crippen molar-refractivity contribution in [3.8, 4) is 0 Å². The number of hydrogen-bond acceptors (Lipinski definition) is 4. The molecule has 3 nitrogen and oxygen atoms in total. The second-order valence-corrected chi connectivity index (χ2v) is 6.22. The minimum Gasteiger partial charge on any atom is -0.373 e. The van der Waals surface area contributed by atoms with Gasteiger partial charge in [0.2, 0.25) is 5.82 Å². The molecular formula is C10H14F3N3S. The maximum Gasteiger partial charge on any atom is 0.451 e. The second kappa shape index (κ2) is 4.72. The molecule has 0 radical (unpaired) electrons. The van der Waals surface area contributed by atoms with E-state index >= 15 is 0 Å². The largest absolute Gasteiger partial charge is 0.451 e. The quantitative estimate of drug-likeness (QED) is 0.656. The van der Waals surface area contributed by atoms with E-state index in [4.69, 9.17) is 0 Å². The highest BCUT2D eigenvalue weighted by atomic mass is 32.2. The van der Waals surface area contributed by atoms with Crippen molar-refractivity contribution in [2.45, 2.75) is 36.7 Å². The van der Waals surface area contributed by atoms with Gasteiger partial charge in [-0.05, 0) is 0 Å². The Labute approximate surface area is 102 Å². The van der Waals surface area contributed by atoms with Crippen LogP contribution >= 0.6 is 11.8 Å². The van der Waals surface area contributed by atoms with E-state index < -0.39 is 12.0 Å². The van der Waals surface area contributed by atoms with E-state index in [0.717, 1.165) is 0 Å². The Kier molecular flexibility index (Phi) is 3.91. The van der Waals surface area contributed by atoms with Gasteiger partial charge in [-0.1, -0.05) is 20.8 Å². The number of halogens is 3. The van der Waals surface area contributed by atoms with Gasteiger partial charge in [-0.2, -0.15) is 13.2 Å². The highest BCUT2D eigenvalue weighted by Gasteiger charge is 2.35. The third-order valence-corrected chi connectivity index (χ3v) is 2.65. The van der Waals surface area contributed by atoms with Crippen LogP contribution in [0.15, 0.2) is 11.1 Å². The predicted molar refractivity (Wildman–Crippen MR) is 62.2 cm³/mol. The maximum absolute atomic E-state index is 12.6. The Hall–Kier alpha value is -0.980. The van der Waals surface area contributed by atoms with Gasteiger partial charge in [-0.3, -0.25) is 0 Å². The molecule has 0 bridgehead atoms. The van der Waals surface area contributed by atoms with Crippen LogP contribution in [-0.4, -0.2) is 21.8 Å². The van der Waals surface area contributed by atoms with E-state index in [9.17, 15) is 13.2 Å². The standard InChI is InChI=1S/C10H14F3N3S/c1-9(2,3)17-7-5-6(14-4)15-8(16-7)10(11,12)13/h5H,1-4H3,(H,14,15,16). The Morgan fingerprint density at radius 1 is 1.18 bits per heavy atom. The summed E-state index contributed by atoms with van der Waals surface area (Å²) in [6, 6.07) is 1.51. The van der Waals surface area contributed by atoms with E-state index in [1.807, 2.05) is 20.8 Å². The molecule has 96 valence electrons. The summed E-state index contributed by atoms with van der Waals surface area (Å²) >= 11 is 1.27. The SMILES string of the molecule is CNc1cc(SC(C)(C)C)nc(C(F)(F)F)n1. The minimum absolute atomic E-state index is 0.166. The van der Waals surface area contributed by atoms with Gasteiger partial charge in [-0.25, -0.2) is 9.97 Å². The summed E-state index contributed by atoms with van der Waals surface area (Å²) in [6.45, 7) is 5.73. The fourth-order valence-electron chi connectivity index (χ4n) is 1.05. The van der Waals surface area contributed by atoms with Crippen molar-refractivity contribution in [3.05, 3.63) is 11.9 Å². The summed E-state index contributed by atoms with van der Waals surface area (Å²) in [5.41, 5.74) is 0.